The van der Waals surface area contributed by atoms with Gasteiger partial charge in [-0.3, -0.25) is 4.79 Å². The molecule has 0 aromatic heterocycles. The monoisotopic (exact) mass is 251 g/mol. The van der Waals surface area contributed by atoms with Gasteiger partial charge in [0.15, 0.2) is 0 Å². The fourth-order valence-corrected chi connectivity index (χ4v) is 1.50. The van der Waals surface area contributed by atoms with Crippen LogP contribution in [0.4, 0.5) is 0 Å². The lowest BCUT2D eigenvalue weighted by Gasteiger charge is -2.25. The second-order valence-corrected chi connectivity index (χ2v) is 4.40. The van der Waals surface area contributed by atoms with Crippen LogP contribution in [0.5, 0.6) is 5.75 Å². The Hall–Kier alpha value is -1.55. The van der Waals surface area contributed by atoms with Crippen molar-refractivity contribution in [2.24, 2.45) is 11.1 Å². The molecule has 100 valence electrons. The van der Waals surface area contributed by atoms with Gasteiger partial charge in [-0.25, -0.2) is 0 Å². The molecule has 0 spiro atoms. The molecular weight excluding hydrogens is 230 g/mol. The SMILES string of the molecule is CCOC(=O)C(C)(CN)CCOc1ccccc1. The summed E-state index contributed by atoms with van der Waals surface area (Å²) < 4.78 is 10.6. The predicted octanol–water partition coefficient (Wildman–Crippen LogP) is 1.98. The van der Waals surface area contributed by atoms with Crippen LogP contribution in [0.1, 0.15) is 20.3 Å². The summed E-state index contributed by atoms with van der Waals surface area (Å²) in [5, 5.41) is 0. The molecule has 1 aromatic rings. The van der Waals surface area contributed by atoms with Gasteiger partial charge in [-0.15, -0.1) is 0 Å². The summed E-state index contributed by atoms with van der Waals surface area (Å²) in [4.78, 5) is 11.8. The molecule has 4 nitrogen and oxygen atoms in total. The van der Waals surface area contributed by atoms with Gasteiger partial charge in [0, 0.05) is 6.54 Å². The van der Waals surface area contributed by atoms with Crippen LogP contribution in [0.3, 0.4) is 0 Å². The van der Waals surface area contributed by atoms with Crippen molar-refractivity contribution in [3.8, 4) is 5.75 Å². The van der Waals surface area contributed by atoms with Gasteiger partial charge in [-0.1, -0.05) is 18.2 Å². The summed E-state index contributed by atoms with van der Waals surface area (Å²) in [5.74, 6) is 0.532. The highest BCUT2D eigenvalue weighted by Gasteiger charge is 2.33. The molecule has 0 heterocycles. The molecule has 1 rings (SSSR count). The Balaban J connectivity index is 2.46. The summed E-state index contributed by atoms with van der Waals surface area (Å²) in [6.45, 7) is 4.66. The number of benzene rings is 1. The fraction of sp³-hybridized carbons (Fsp3) is 0.500. The molecule has 0 radical (unpaired) electrons. The van der Waals surface area contributed by atoms with Gasteiger partial charge in [-0.2, -0.15) is 0 Å². The van der Waals surface area contributed by atoms with E-state index >= 15 is 0 Å². The summed E-state index contributed by atoms with van der Waals surface area (Å²) in [7, 11) is 0. The van der Waals surface area contributed by atoms with Crippen LogP contribution in [-0.4, -0.2) is 25.7 Å². The van der Waals surface area contributed by atoms with E-state index in [1.165, 1.54) is 0 Å². The molecule has 0 saturated carbocycles. The van der Waals surface area contributed by atoms with Gasteiger partial charge in [0.2, 0.25) is 0 Å². The zero-order valence-electron chi connectivity index (χ0n) is 11.0. The Bertz CT molecular complexity index is 367. The van der Waals surface area contributed by atoms with Crippen molar-refractivity contribution in [1.29, 1.82) is 0 Å². The van der Waals surface area contributed by atoms with E-state index < -0.39 is 5.41 Å². The van der Waals surface area contributed by atoms with Crippen LogP contribution in [0.15, 0.2) is 30.3 Å². The lowest BCUT2D eigenvalue weighted by Crippen LogP contribution is -2.38. The Morgan fingerprint density at radius 3 is 2.56 bits per heavy atom. The van der Waals surface area contributed by atoms with Crippen LogP contribution in [0.25, 0.3) is 0 Å². The van der Waals surface area contributed by atoms with Crippen LogP contribution in [-0.2, 0) is 9.53 Å². The van der Waals surface area contributed by atoms with Gasteiger partial charge in [0.25, 0.3) is 0 Å². The first-order valence-corrected chi connectivity index (χ1v) is 6.17. The maximum Gasteiger partial charge on any atom is 0.313 e. The third-order valence-electron chi connectivity index (χ3n) is 2.88. The second kappa shape index (κ2) is 7.01. The van der Waals surface area contributed by atoms with Crippen LogP contribution in [0.2, 0.25) is 0 Å². The van der Waals surface area contributed by atoms with Gasteiger partial charge in [0.05, 0.1) is 18.6 Å². The molecule has 0 aliphatic carbocycles. The number of hydrogen-bond donors (Lipinski definition) is 1. The first kappa shape index (κ1) is 14.5. The minimum atomic E-state index is -0.676. The first-order valence-electron chi connectivity index (χ1n) is 6.17. The molecule has 0 saturated heterocycles. The number of para-hydroxylation sites is 1. The molecule has 1 unspecified atom stereocenters. The summed E-state index contributed by atoms with van der Waals surface area (Å²) in [5.41, 5.74) is 4.99. The average Bonchev–Trinajstić information content (AvgIpc) is 2.40. The lowest BCUT2D eigenvalue weighted by molar-refractivity contribution is -0.154. The van der Waals surface area contributed by atoms with Crippen LogP contribution < -0.4 is 10.5 Å². The van der Waals surface area contributed by atoms with Crippen molar-refractivity contribution in [3.63, 3.8) is 0 Å². The Labute approximate surface area is 108 Å². The number of rotatable bonds is 7. The molecule has 0 bridgehead atoms. The van der Waals surface area contributed by atoms with E-state index in [2.05, 4.69) is 0 Å². The third-order valence-corrected chi connectivity index (χ3v) is 2.88. The van der Waals surface area contributed by atoms with Gasteiger partial charge >= 0.3 is 5.97 Å². The molecule has 0 fully saturated rings. The van der Waals surface area contributed by atoms with E-state index in [1.807, 2.05) is 30.3 Å². The fourth-order valence-electron chi connectivity index (χ4n) is 1.50. The first-order chi connectivity index (χ1) is 8.62. The smallest absolute Gasteiger partial charge is 0.313 e. The zero-order chi connectivity index (χ0) is 13.4. The Morgan fingerprint density at radius 1 is 1.33 bits per heavy atom. The highest BCUT2D eigenvalue weighted by Crippen LogP contribution is 2.22. The largest absolute Gasteiger partial charge is 0.494 e. The van der Waals surface area contributed by atoms with Crippen LogP contribution in [0, 0.1) is 5.41 Å². The van der Waals surface area contributed by atoms with E-state index in [-0.39, 0.29) is 12.5 Å². The number of ether oxygens (including phenoxy) is 2. The normalized spacial score (nSPS) is 13.7. The Morgan fingerprint density at radius 2 is 2.00 bits per heavy atom. The Kier molecular flexibility index (Phi) is 5.65. The van der Waals surface area contributed by atoms with Gasteiger partial charge in [0.1, 0.15) is 5.75 Å². The van der Waals surface area contributed by atoms with E-state index in [9.17, 15) is 4.79 Å². The van der Waals surface area contributed by atoms with E-state index in [1.54, 1.807) is 13.8 Å². The van der Waals surface area contributed by atoms with Crippen molar-refractivity contribution in [3.05, 3.63) is 30.3 Å². The van der Waals surface area contributed by atoms with Crippen LogP contribution >= 0.6 is 0 Å². The number of esters is 1. The number of nitrogens with two attached hydrogens (primary N) is 1. The zero-order valence-corrected chi connectivity index (χ0v) is 11.0. The molecular formula is C14H21NO3. The molecule has 0 amide bonds. The summed E-state index contributed by atoms with van der Waals surface area (Å²) >= 11 is 0. The quantitative estimate of drug-likeness (QED) is 0.753. The topological polar surface area (TPSA) is 61.5 Å². The molecule has 0 aliphatic rings. The number of carbonyl (C=O) groups excluding carboxylic acids is 1. The van der Waals surface area contributed by atoms with Crippen molar-refractivity contribution >= 4 is 5.97 Å². The molecule has 4 heteroatoms. The number of hydrogen-bond acceptors (Lipinski definition) is 4. The third kappa shape index (κ3) is 4.04. The molecule has 1 atom stereocenters. The van der Waals surface area contributed by atoms with E-state index in [0.29, 0.717) is 19.6 Å². The highest BCUT2D eigenvalue weighted by molar-refractivity contribution is 5.76. The average molecular weight is 251 g/mol. The van der Waals surface area contributed by atoms with E-state index in [0.717, 1.165) is 5.75 Å². The van der Waals surface area contributed by atoms with Crippen molar-refractivity contribution in [1.82, 2.24) is 0 Å². The summed E-state index contributed by atoms with van der Waals surface area (Å²) in [6, 6.07) is 9.50. The predicted molar refractivity (Wildman–Crippen MR) is 70.3 cm³/mol. The van der Waals surface area contributed by atoms with Gasteiger partial charge in [-0.05, 0) is 32.4 Å². The number of carbonyl (C=O) groups is 1. The second-order valence-electron chi connectivity index (χ2n) is 4.40. The molecule has 18 heavy (non-hydrogen) atoms. The standard InChI is InChI=1S/C14H21NO3/c1-3-17-13(16)14(2,11-15)9-10-18-12-7-5-4-6-8-12/h4-8H,3,9-11,15H2,1-2H3. The maximum absolute atomic E-state index is 11.8. The highest BCUT2D eigenvalue weighted by atomic mass is 16.5. The lowest BCUT2D eigenvalue weighted by atomic mass is 9.87. The molecule has 1 aromatic carbocycles. The van der Waals surface area contributed by atoms with Crippen molar-refractivity contribution < 1.29 is 14.3 Å². The van der Waals surface area contributed by atoms with Crippen molar-refractivity contribution in [2.75, 3.05) is 19.8 Å². The minimum absolute atomic E-state index is 0.254. The molecule has 0 aliphatic heterocycles. The summed E-state index contributed by atoms with van der Waals surface area (Å²) in [6.07, 6.45) is 0.539. The van der Waals surface area contributed by atoms with Crippen molar-refractivity contribution in [2.45, 2.75) is 20.3 Å². The maximum atomic E-state index is 11.8. The molecule has 2 N–H and O–H groups in total. The van der Waals surface area contributed by atoms with E-state index in [4.69, 9.17) is 15.2 Å². The minimum Gasteiger partial charge on any atom is -0.494 e. The van der Waals surface area contributed by atoms with Gasteiger partial charge < -0.3 is 15.2 Å².